The van der Waals surface area contributed by atoms with Gasteiger partial charge in [-0.2, -0.15) is 0 Å². The molecule has 110 valence electrons. The van der Waals surface area contributed by atoms with Crippen molar-refractivity contribution in [3.8, 4) is 0 Å². The molecule has 0 aromatic carbocycles. The topological polar surface area (TPSA) is 101 Å². The zero-order valence-electron chi connectivity index (χ0n) is 12.0. The highest BCUT2D eigenvalue weighted by atomic mass is 16.6. The standard InChI is InChI=1S/C13H19N3O4/c1-8(16-12(19)20-13(2,3)4)10(17)11(18)9-7-14-5-6-15-9/h5-8,10,17H,1-4H3,(H,16,19)/t8-,10?/m0/s1. The molecule has 0 saturated carbocycles. The van der Waals surface area contributed by atoms with E-state index in [0.29, 0.717) is 0 Å². The number of nitrogens with one attached hydrogen (secondary N) is 1. The summed E-state index contributed by atoms with van der Waals surface area (Å²) in [6, 6.07) is -0.806. The lowest BCUT2D eigenvalue weighted by atomic mass is 10.1. The van der Waals surface area contributed by atoms with Gasteiger partial charge in [-0.05, 0) is 27.7 Å². The fourth-order valence-corrected chi connectivity index (χ4v) is 1.38. The number of carbonyl (C=O) groups is 2. The number of rotatable bonds is 4. The second kappa shape index (κ2) is 6.42. The van der Waals surface area contributed by atoms with Gasteiger partial charge in [-0.25, -0.2) is 9.78 Å². The van der Waals surface area contributed by atoms with Gasteiger partial charge in [-0.3, -0.25) is 9.78 Å². The molecule has 0 spiro atoms. The van der Waals surface area contributed by atoms with Crippen LogP contribution in [-0.4, -0.2) is 44.7 Å². The van der Waals surface area contributed by atoms with Crippen LogP contribution in [0.25, 0.3) is 0 Å². The minimum absolute atomic E-state index is 0.0397. The van der Waals surface area contributed by atoms with Gasteiger partial charge < -0.3 is 15.2 Å². The molecule has 1 aromatic heterocycles. The van der Waals surface area contributed by atoms with Crippen LogP contribution in [0.4, 0.5) is 4.79 Å². The first-order valence-electron chi connectivity index (χ1n) is 6.18. The number of Topliss-reactive ketones (excluding diaryl/α,β-unsaturated/α-hetero) is 1. The highest BCUT2D eigenvalue weighted by Gasteiger charge is 2.27. The summed E-state index contributed by atoms with van der Waals surface area (Å²) in [5.41, 5.74) is -0.609. The number of aliphatic hydroxyl groups is 1. The average Bonchev–Trinajstić information content (AvgIpc) is 2.35. The first-order valence-corrected chi connectivity index (χ1v) is 6.18. The van der Waals surface area contributed by atoms with Crippen molar-refractivity contribution in [2.45, 2.75) is 45.4 Å². The van der Waals surface area contributed by atoms with E-state index in [2.05, 4.69) is 15.3 Å². The number of aliphatic hydroxyl groups excluding tert-OH is 1. The van der Waals surface area contributed by atoms with E-state index in [1.807, 2.05) is 0 Å². The molecule has 0 aliphatic heterocycles. The summed E-state index contributed by atoms with van der Waals surface area (Å²) in [7, 11) is 0. The highest BCUT2D eigenvalue weighted by molar-refractivity contribution is 5.98. The van der Waals surface area contributed by atoms with Gasteiger partial charge in [0.05, 0.1) is 12.2 Å². The number of ketones is 1. The summed E-state index contributed by atoms with van der Waals surface area (Å²) in [4.78, 5) is 31.0. The highest BCUT2D eigenvalue weighted by Crippen LogP contribution is 2.08. The molecule has 1 heterocycles. The lowest BCUT2D eigenvalue weighted by molar-refractivity contribution is 0.0423. The third kappa shape index (κ3) is 4.93. The van der Waals surface area contributed by atoms with Crippen LogP contribution in [0.15, 0.2) is 18.6 Å². The fraction of sp³-hybridized carbons (Fsp3) is 0.538. The van der Waals surface area contributed by atoms with Gasteiger partial charge in [0.1, 0.15) is 17.4 Å². The molecule has 2 N–H and O–H groups in total. The van der Waals surface area contributed by atoms with Crippen LogP contribution in [-0.2, 0) is 4.74 Å². The van der Waals surface area contributed by atoms with Crippen LogP contribution in [0.2, 0.25) is 0 Å². The zero-order chi connectivity index (χ0) is 15.3. The summed E-state index contributed by atoms with van der Waals surface area (Å²) in [6.07, 6.45) is 1.92. The Labute approximate surface area is 117 Å². The van der Waals surface area contributed by atoms with Gasteiger partial charge in [0.2, 0.25) is 5.78 Å². The van der Waals surface area contributed by atoms with E-state index in [-0.39, 0.29) is 5.69 Å². The van der Waals surface area contributed by atoms with Crippen molar-refractivity contribution in [3.63, 3.8) is 0 Å². The quantitative estimate of drug-likeness (QED) is 0.796. The Hall–Kier alpha value is -2.02. The van der Waals surface area contributed by atoms with Gasteiger partial charge in [0.15, 0.2) is 0 Å². The lowest BCUT2D eigenvalue weighted by Gasteiger charge is -2.23. The van der Waals surface area contributed by atoms with E-state index in [1.165, 1.54) is 25.5 Å². The molecular formula is C13H19N3O4. The van der Waals surface area contributed by atoms with Crippen LogP contribution < -0.4 is 5.32 Å². The minimum atomic E-state index is -1.42. The molecule has 1 rings (SSSR count). The molecule has 0 aliphatic rings. The van der Waals surface area contributed by atoms with Crippen molar-refractivity contribution in [2.24, 2.45) is 0 Å². The number of aromatic nitrogens is 2. The predicted octanol–water partition coefficient (Wildman–Crippen LogP) is 0.933. The van der Waals surface area contributed by atoms with Crippen molar-refractivity contribution in [2.75, 3.05) is 0 Å². The largest absolute Gasteiger partial charge is 0.444 e. The van der Waals surface area contributed by atoms with Crippen molar-refractivity contribution in [1.82, 2.24) is 15.3 Å². The molecule has 0 saturated heterocycles. The van der Waals surface area contributed by atoms with Crippen molar-refractivity contribution < 1.29 is 19.4 Å². The Balaban J connectivity index is 2.61. The molecule has 0 bridgehead atoms. The number of hydrogen-bond acceptors (Lipinski definition) is 6. The van der Waals surface area contributed by atoms with Gasteiger partial charge in [0, 0.05) is 12.4 Å². The van der Waals surface area contributed by atoms with Crippen LogP contribution in [0.1, 0.15) is 38.2 Å². The second-order valence-corrected chi connectivity index (χ2v) is 5.33. The van der Waals surface area contributed by atoms with Crippen LogP contribution in [0.5, 0.6) is 0 Å². The number of hydrogen-bond donors (Lipinski definition) is 2. The monoisotopic (exact) mass is 281 g/mol. The zero-order valence-corrected chi connectivity index (χ0v) is 12.0. The second-order valence-electron chi connectivity index (χ2n) is 5.33. The number of carbonyl (C=O) groups excluding carboxylic acids is 2. The van der Waals surface area contributed by atoms with Gasteiger partial charge in [-0.15, -0.1) is 0 Å². The smallest absolute Gasteiger partial charge is 0.407 e. The van der Waals surface area contributed by atoms with Crippen molar-refractivity contribution >= 4 is 11.9 Å². The molecule has 1 unspecified atom stereocenters. The normalized spacial score (nSPS) is 14.2. The molecular weight excluding hydrogens is 262 g/mol. The third-order valence-electron chi connectivity index (χ3n) is 2.30. The number of amides is 1. The number of ether oxygens (including phenoxy) is 1. The summed E-state index contributed by atoms with van der Waals surface area (Å²) in [6.45, 7) is 6.66. The Morgan fingerprint density at radius 2 is 2.00 bits per heavy atom. The molecule has 0 fully saturated rings. The van der Waals surface area contributed by atoms with E-state index in [9.17, 15) is 14.7 Å². The first kappa shape index (κ1) is 16.0. The maximum absolute atomic E-state index is 11.9. The van der Waals surface area contributed by atoms with E-state index < -0.39 is 29.6 Å². The fourth-order valence-electron chi connectivity index (χ4n) is 1.38. The van der Waals surface area contributed by atoms with E-state index >= 15 is 0 Å². The SMILES string of the molecule is C[C@H](NC(=O)OC(C)(C)C)C(O)C(=O)c1cnccn1. The van der Waals surface area contributed by atoms with Crippen LogP contribution in [0.3, 0.4) is 0 Å². The molecule has 1 amide bonds. The molecule has 7 nitrogen and oxygen atoms in total. The maximum Gasteiger partial charge on any atom is 0.407 e. The third-order valence-corrected chi connectivity index (χ3v) is 2.30. The van der Waals surface area contributed by atoms with E-state index in [0.717, 1.165) is 0 Å². The predicted molar refractivity (Wildman–Crippen MR) is 71.2 cm³/mol. The Bertz CT molecular complexity index is 470. The first-order chi connectivity index (χ1) is 9.20. The van der Waals surface area contributed by atoms with Crippen LogP contribution in [0, 0.1) is 0 Å². The molecule has 0 radical (unpaired) electrons. The molecule has 20 heavy (non-hydrogen) atoms. The average molecular weight is 281 g/mol. The Kier molecular flexibility index (Phi) is 5.15. The Morgan fingerprint density at radius 1 is 1.35 bits per heavy atom. The molecule has 0 aliphatic carbocycles. The van der Waals surface area contributed by atoms with Gasteiger partial charge in [-0.1, -0.05) is 0 Å². The van der Waals surface area contributed by atoms with Crippen LogP contribution >= 0.6 is 0 Å². The minimum Gasteiger partial charge on any atom is -0.444 e. The summed E-state index contributed by atoms with van der Waals surface area (Å²) in [5, 5.41) is 12.3. The van der Waals surface area contributed by atoms with E-state index in [4.69, 9.17) is 4.74 Å². The van der Waals surface area contributed by atoms with Crippen molar-refractivity contribution in [3.05, 3.63) is 24.3 Å². The number of nitrogens with zero attached hydrogens (tertiary/aromatic N) is 2. The molecule has 7 heteroatoms. The number of alkyl carbamates (subject to hydrolysis) is 1. The molecule has 2 atom stereocenters. The lowest BCUT2D eigenvalue weighted by Crippen LogP contribution is -2.46. The summed E-state index contributed by atoms with van der Waals surface area (Å²) >= 11 is 0. The maximum atomic E-state index is 11.9. The van der Waals surface area contributed by atoms with E-state index in [1.54, 1.807) is 20.8 Å². The summed E-state index contributed by atoms with van der Waals surface area (Å²) in [5.74, 6) is -0.610. The van der Waals surface area contributed by atoms with Gasteiger partial charge >= 0.3 is 6.09 Å². The van der Waals surface area contributed by atoms with Crippen molar-refractivity contribution in [1.29, 1.82) is 0 Å². The summed E-state index contributed by atoms with van der Waals surface area (Å²) < 4.78 is 5.04. The van der Waals surface area contributed by atoms with Gasteiger partial charge in [0.25, 0.3) is 0 Å². The Morgan fingerprint density at radius 3 is 2.50 bits per heavy atom. The molecule has 1 aromatic rings.